The number of thiophene rings is 1. The molecule has 1 rings (SSSR count). The molecule has 0 aliphatic heterocycles. The summed E-state index contributed by atoms with van der Waals surface area (Å²) in [4.78, 5) is 3.93. The van der Waals surface area contributed by atoms with Crippen LogP contribution in [0.1, 0.15) is 31.6 Å². The van der Waals surface area contributed by atoms with Gasteiger partial charge in [-0.1, -0.05) is 19.4 Å². The highest BCUT2D eigenvalue weighted by Gasteiger charge is 2.14. The quantitative estimate of drug-likeness (QED) is 0.773. The van der Waals surface area contributed by atoms with E-state index in [2.05, 4.69) is 43.3 Å². The first kappa shape index (κ1) is 14.7. The molecule has 17 heavy (non-hydrogen) atoms. The average Bonchev–Trinajstić information content (AvgIpc) is 2.81. The fourth-order valence-electron chi connectivity index (χ4n) is 2.15. The molecule has 3 heteroatoms. The van der Waals surface area contributed by atoms with Crippen LogP contribution < -0.4 is 5.73 Å². The summed E-state index contributed by atoms with van der Waals surface area (Å²) in [5.74, 6) is 0.649. The van der Waals surface area contributed by atoms with E-state index in [1.54, 1.807) is 0 Å². The molecular formula is C14H26N2S. The Hall–Kier alpha value is -0.380. The van der Waals surface area contributed by atoms with E-state index in [1.807, 2.05) is 11.3 Å². The SMILES string of the molecule is CCCC(CN)CN(C)C(C)Cc1cccs1. The molecule has 0 aromatic carbocycles. The van der Waals surface area contributed by atoms with Crippen LogP contribution in [-0.2, 0) is 6.42 Å². The van der Waals surface area contributed by atoms with E-state index in [-0.39, 0.29) is 0 Å². The highest BCUT2D eigenvalue weighted by atomic mass is 32.1. The minimum atomic E-state index is 0.597. The third-order valence-electron chi connectivity index (χ3n) is 3.41. The number of hydrogen-bond donors (Lipinski definition) is 1. The maximum Gasteiger partial charge on any atom is 0.0112 e. The van der Waals surface area contributed by atoms with Gasteiger partial charge >= 0.3 is 0 Å². The van der Waals surface area contributed by atoms with Crippen molar-refractivity contribution in [1.82, 2.24) is 4.90 Å². The molecule has 1 aromatic heterocycles. The van der Waals surface area contributed by atoms with Gasteiger partial charge in [0.2, 0.25) is 0 Å². The summed E-state index contributed by atoms with van der Waals surface area (Å²) >= 11 is 1.85. The molecule has 2 atom stereocenters. The van der Waals surface area contributed by atoms with Crippen molar-refractivity contribution in [3.05, 3.63) is 22.4 Å². The number of rotatable bonds is 8. The van der Waals surface area contributed by atoms with Crippen LogP contribution in [0.2, 0.25) is 0 Å². The Labute approximate surface area is 110 Å². The Morgan fingerprint density at radius 1 is 1.47 bits per heavy atom. The van der Waals surface area contributed by atoms with Gasteiger partial charge in [0.1, 0.15) is 0 Å². The second kappa shape index (κ2) is 7.85. The fraction of sp³-hybridized carbons (Fsp3) is 0.714. The van der Waals surface area contributed by atoms with Crippen molar-refractivity contribution < 1.29 is 0 Å². The second-order valence-electron chi connectivity index (χ2n) is 4.96. The molecular weight excluding hydrogens is 228 g/mol. The van der Waals surface area contributed by atoms with Gasteiger partial charge in [-0.15, -0.1) is 11.3 Å². The molecule has 0 aliphatic carbocycles. The van der Waals surface area contributed by atoms with Crippen molar-refractivity contribution in [2.75, 3.05) is 20.1 Å². The van der Waals surface area contributed by atoms with E-state index < -0.39 is 0 Å². The zero-order valence-corrected chi connectivity index (χ0v) is 12.2. The van der Waals surface area contributed by atoms with E-state index in [9.17, 15) is 0 Å². The topological polar surface area (TPSA) is 29.3 Å². The smallest absolute Gasteiger partial charge is 0.0112 e. The largest absolute Gasteiger partial charge is 0.330 e. The molecule has 0 radical (unpaired) electrons. The molecule has 0 saturated heterocycles. The zero-order valence-electron chi connectivity index (χ0n) is 11.4. The second-order valence-corrected chi connectivity index (χ2v) is 5.99. The predicted molar refractivity (Wildman–Crippen MR) is 77.6 cm³/mol. The molecule has 0 saturated carbocycles. The molecule has 0 spiro atoms. The minimum Gasteiger partial charge on any atom is -0.330 e. The Kier molecular flexibility index (Phi) is 6.78. The van der Waals surface area contributed by atoms with Gasteiger partial charge in [0.05, 0.1) is 0 Å². The first-order chi connectivity index (χ1) is 8.17. The lowest BCUT2D eigenvalue weighted by atomic mass is 10.0. The monoisotopic (exact) mass is 254 g/mol. The van der Waals surface area contributed by atoms with Gasteiger partial charge in [0.15, 0.2) is 0 Å². The Bertz CT molecular complexity index is 284. The Morgan fingerprint density at radius 3 is 2.76 bits per heavy atom. The van der Waals surface area contributed by atoms with Gasteiger partial charge < -0.3 is 10.6 Å². The molecule has 1 aromatic rings. The Balaban J connectivity index is 2.37. The van der Waals surface area contributed by atoms with Crippen molar-refractivity contribution in [3.8, 4) is 0 Å². The number of hydrogen-bond acceptors (Lipinski definition) is 3. The normalized spacial score (nSPS) is 15.1. The van der Waals surface area contributed by atoms with Gasteiger partial charge in [0, 0.05) is 17.5 Å². The number of nitrogens with zero attached hydrogens (tertiary/aromatic N) is 1. The van der Waals surface area contributed by atoms with Crippen LogP contribution in [0.3, 0.4) is 0 Å². The third-order valence-corrected chi connectivity index (χ3v) is 4.30. The summed E-state index contributed by atoms with van der Waals surface area (Å²) in [6, 6.07) is 4.95. The summed E-state index contributed by atoms with van der Waals surface area (Å²) in [7, 11) is 2.22. The first-order valence-electron chi connectivity index (χ1n) is 6.60. The maximum atomic E-state index is 5.82. The molecule has 1 heterocycles. The molecule has 98 valence electrons. The summed E-state index contributed by atoms with van der Waals surface area (Å²) in [5.41, 5.74) is 5.82. The zero-order chi connectivity index (χ0) is 12.7. The van der Waals surface area contributed by atoms with Gasteiger partial charge in [-0.3, -0.25) is 0 Å². The minimum absolute atomic E-state index is 0.597. The van der Waals surface area contributed by atoms with Crippen LogP contribution in [0.15, 0.2) is 17.5 Å². The first-order valence-corrected chi connectivity index (χ1v) is 7.48. The standard InChI is InChI=1S/C14H26N2S/c1-4-6-13(10-15)11-16(3)12(2)9-14-7-5-8-17-14/h5,7-8,12-13H,4,6,9-11,15H2,1-3H3. The van der Waals surface area contributed by atoms with Crippen LogP contribution in [0.5, 0.6) is 0 Å². The van der Waals surface area contributed by atoms with Crippen LogP contribution in [0.4, 0.5) is 0 Å². The van der Waals surface area contributed by atoms with E-state index >= 15 is 0 Å². The van der Waals surface area contributed by atoms with E-state index in [1.165, 1.54) is 17.7 Å². The lowest BCUT2D eigenvalue weighted by Gasteiger charge is -2.28. The van der Waals surface area contributed by atoms with Gasteiger partial charge in [-0.2, -0.15) is 0 Å². The van der Waals surface area contributed by atoms with Crippen LogP contribution in [0, 0.1) is 5.92 Å². The number of likely N-dealkylation sites (N-methyl/N-ethyl adjacent to an activating group) is 1. The van der Waals surface area contributed by atoms with Crippen molar-refractivity contribution in [3.63, 3.8) is 0 Å². The highest BCUT2D eigenvalue weighted by Crippen LogP contribution is 2.15. The molecule has 2 N–H and O–H groups in total. The lowest BCUT2D eigenvalue weighted by Crippen LogP contribution is -2.37. The molecule has 0 fully saturated rings. The van der Waals surface area contributed by atoms with Crippen molar-refractivity contribution in [2.45, 2.75) is 39.2 Å². The van der Waals surface area contributed by atoms with Crippen molar-refractivity contribution in [1.29, 1.82) is 0 Å². The maximum absolute atomic E-state index is 5.82. The Morgan fingerprint density at radius 2 is 2.24 bits per heavy atom. The predicted octanol–water partition coefficient (Wildman–Crippen LogP) is 2.99. The number of nitrogens with two attached hydrogens (primary N) is 1. The van der Waals surface area contributed by atoms with E-state index in [4.69, 9.17) is 5.73 Å². The van der Waals surface area contributed by atoms with Crippen molar-refractivity contribution >= 4 is 11.3 Å². The third kappa shape index (κ3) is 5.19. The summed E-state index contributed by atoms with van der Waals surface area (Å²) in [6.07, 6.45) is 3.62. The molecule has 0 aliphatic rings. The van der Waals surface area contributed by atoms with Gasteiger partial charge in [-0.05, 0) is 50.7 Å². The summed E-state index contributed by atoms with van der Waals surface area (Å²) in [6.45, 7) is 6.47. The van der Waals surface area contributed by atoms with Crippen LogP contribution >= 0.6 is 11.3 Å². The van der Waals surface area contributed by atoms with Gasteiger partial charge in [-0.25, -0.2) is 0 Å². The molecule has 0 amide bonds. The summed E-state index contributed by atoms with van der Waals surface area (Å²) in [5, 5.41) is 2.15. The van der Waals surface area contributed by atoms with Crippen LogP contribution in [0.25, 0.3) is 0 Å². The summed E-state index contributed by atoms with van der Waals surface area (Å²) < 4.78 is 0. The lowest BCUT2D eigenvalue weighted by molar-refractivity contribution is 0.213. The van der Waals surface area contributed by atoms with E-state index in [0.29, 0.717) is 12.0 Å². The average molecular weight is 254 g/mol. The fourth-order valence-corrected chi connectivity index (χ4v) is 2.98. The van der Waals surface area contributed by atoms with Gasteiger partial charge in [0.25, 0.3) is 0 Å². The van der Waals surface area contributed by atoms with Crippen LogP contribution in [-0.4, -0.2) is 31.1 Å². The molecule has 2 unspecified atom stereocenters. The van der Waals surface area contributed by atoms with Crippen molar-refractivity contribution in [2.24, 2.45) is 11.7 Å². The molecule has 0 bridgehead atoms. The van der Waals surface area contributed by atoms with E-state index in [0.717, 1.165) is 19.5 Å². The molecule has 2 nitrogen and oxygen atoms in total. The highest BCUT2D eigenvalue weighted by molar-refractivity contribution is 7.09.